The van der Waals surface area contributed by atoms with Gasteiger partial charge in [0.1, 0.15) is 22.7 Å². The Kier molecular flexibility index (Phi) is 4.90. The van der Waals surface area contributed by atoms with Crippen molar-refractivity contribution in [3.63, 3.8) is 0 Å². The minimum absolute atomic E-state index is 0.0351. The van der Waals surface area contributed by atoms with Gasteiger partial charge in [0.25, 0.3) is 0 Å². The standard InChI is InChI=1S/C23H18F3NO7/c1-31-16-4-2-3-14-20(16)22(10-28,13-7-17-18(8-15(13)29)33-11-32-17)21(30)27(14)9-12-5-6-19(34-12)23(24,25)26/h2-8,28-29H,9-11H2,1H3. The summed E-state index contributed by atoms with van der Waals surface area (Å²) < 4.78 is 60.1. The summed E-state index contributed by atoms with van der Waals surface area (Å²) in [6, 6.07) is 9.36. The van der Waals surface area contributed by atoms with E-state index >= 15 is 0 Å². The van der Waals surface area contributed by atoms with E-state index in [9.17, 15) is 28.2 Å². The maximum atomic E-state index is 13.9. The van der Waals surface area contributed by atoms with Gasteiger partial charge < -0.3 is 33.7 Å². The number of anilines is 1. The lowest BCUT2D eigenvalue weighted by Gasteiger charge is -2.28. The molecule has 8 nitrogen and oxygen atoms in total. The normalized spacial score (nSPS) is 19.0. The van der Waals surface area contributed by atoms with Crippen molar-refractivity contribution in [3.8, 4) is 23.0 Å². The summed E-state index contributed by atoms with van der Waals surface area (Å²) in [6.45, 7) is -1.19. The fourth-order valence-corrected chi connectivity index (χ4v) is 4.47. The average molecular weight is 477 g/mol. The lowest BCUT2D eigenvalue weighted by Crippen LogP contribution is -2.44. The number of fused-ring (bicyclic) bond motifs is 2. The van der Waals surface area contributed by atoms with E-state index in [4.69, 9.17) is 18.6 Å². The summed E-state index contributed by atoms with van der Waals surface area (Å²) in [5, 5.41) is 21.4. The molecule has 0 spiro atoms. The van der Waals surface area contributed by atoms with Gasteiger partial charge in [0.15, 0.2) is 11.5 Å². The molecule has 1 aromatic heterocycles. The molecule has 0 saturated heterocycles. The largest absolute Gasteiger partial charge is 0.507 e. The van der Waals surface area contributed by atoms with Gasteiger partial charge in [-0.05, 0) is 30.3 Å². The molecule has 11 heteroatoms. The molecular formula is C23H18F3NO7. The van der Waals surface area contributed by atoms with Crippen molar-refractivity contribution in [3.05, 3.63) is 65.1 Å². The highest BCUT2D eigenvalue weighted by molar-refractivity contribution is 6.12. The second-order valence-corrected chi connectivity index (χ2v) is 7.80. The fourth-order valence-electron chi connectivity index (χ4n) is 4.47. The van der Waals surface area contributed by atoms with Crippen LogP contribution in [0.15, 0.2) is 46.9 Å². The molecule has 0 fully saturated rings. The van der Waals surface area contributed by atoms with Crippen LogP contribution < -0.4 is 19.1 Å². The number of aromatic hydroxyl groups is 1. The van der Waals surface area contributed by atoms with Gasteiger partial charge in [0.05, 0.1) is 25.9 Å². The Bertz CT molecular complexity index is 1290. The summed E-state index contributed by atoms with van der Waals surface area (Å²) in [4.78, 5) is 15.1. The summed E-state index contributed by atoms with van der Waals surface area (Å²) in [5.74, 6) is -1.54. The second kappa shape index (κ2) is 7.59. The summed E-state index contributed by atoms with van der Waals surface area (Å²) >= 11 is 0. The molecular weight excluding hydrogens is 459 g/mol. The topological polar surface area (TPSA) is 102 Å². The zero-order valence-electron chi connectivity index (χ0n) is 17.7. The van der Waals surface area contributed by atoms with Gasteiger partial charge in [-0.1, -0.05) is 6.07 Å². The molecule has 178 valence electrons. The van der Waals surface area contributed by atoms with Gasteiger partial charge in [0, 0.05) is 17.2 Å². The monoisotopic (exact) mass is 477 g/mol. The number of carbonyl (C=O) groups excluding carboxylic acids is 1. The van der Waals surface area contributed by atoms with Crippen molar-refractivity contribution >= 4 is 11.6 Å². The van der Waals surface area contributed by atoms with Gasteiger partial charge in [-0.25, -0.2) is 0 Å². The number of hydrogen-bond donors (Lipinski definition) is 2. The number of amides is 1. The smallest absolute Gasteiger partial charge is 0.449 e. The zero-order valence-corrected chi connectivity index (χ0v) is 17.7. The van der Waals surface area contributed by atoms with E-state index in [0.29, 0.717) is 5.69 Å². The predicted octanol–water partition coefficient (Wildman–Crippen LogP) is 3.57. The van der Waals surface area contributed by atoms with Crippen LogP contribution in [0, 0.1) is 0 Å². The first-order valence-corrected chi connectivity index (χ1v) is 10.1. The summed E-state index contributed by atoms with van der Waals surface area (Å²) in [6.07, 6.45) is -4.68. The fraction of sp³-hybridized carbons (Fsp3) is 0.261. The van der Waals surface area contributed by atoms with Gasteiger partial charge in [0.2, 0.25) is 18.5 Å². The minimum atomic E-state index is -4.68. The zero-order chi connectivity index (χ0) is 24.3. The van der Waals surface area contributed by atoms with Crippen molar-refractivity contribution < 1.29 is 46.8 Å². The molecule has 5 rings (SSSR count). The van der Waals surface area contributed by atoms with Gasteiger partial charge in [-0.3, -0.25) is 4.79 Å². The molecule has 0 aliphatic carbocycles. The Morgan fingerprint density at radius 2 is 1.88 bits per heavy atom. The molecule has 34 heavy (non-hydrogen) atoms. The number of furan rings is 1. The Labute approximate surface area is 190 Å². The first-order chi connectivity index (χ1) is 16.2. The maximum Gasteiger partial charge on any atom is 0.449 e. The van der Waals surface area contributed by atoms with Crippen LogP contribution in [0.2, 0.25) is 0 Å². The molecule has 3 aromatic rings. The summed E-state index contributed by atoms with van der Waals surface area (Å²) in [7, 11) is 1.38. The molecule has 3 heterocycles. The number of phenolic OH excluding ortho intramolecular Hbond substituents is 1. The Hall–Kier alpha value is -3.86. The number of nitrogens with zero attached hydrogens (tertiary/aromatic N) is 1. The third-order valence-corrected chi connectivity index (χ3v) is 5.99. The third-order valence-electron chi connectivity index (χ3n) is 5.99. The number of methoxy groups -OCH3 is 1. The van der Waals surface area contributed by atoms with Crippen LogP contribution in [0.3, 0.4) is 0 Å². The molecule has 2 aromatic carbocycles. The molecule has 1 unspecified atom stereocenters. The number of ether oxygens (including phenoxy) is 3. The molecule has 2 aliphatic heterocycles. The van der Waals surface area contributed by atoms with Crippen molar-refractivity contribution in [2.24, 2.45) is 0 Å². The average Bonchev–Trinajstić information content (AvgIpc) is 3.51. The number of phenols is 1. The quantitative estimate of drug-likeness (QED) is 0.580. The lowest BCUT2D eigenvalue weighted by atomic mass is 9.75. The number of benzene rings is 2. The first-order valence-electron chi connectivity index (χ1n) is 10.1. The van der Waals surface area contributed by atoms with Crippen LogP contribution in [-0.2, 0) is 22.9 Å². The minimum Gasteiger partial charge on any atom is -0.507 e. The van der Waals surface area contributed by atoms with E-state index in [1.165, 1.54) is 24.1 Å². The number of halogens is 3. The number of aliphatic hydroxyl groups excluding tert-OH is 1. The van der Waals surface area contributed by atoms with Crippen molar-refractivity contribution in [2.45, 2.75) is 18.1 Å². The third kappa shape index (κ3) is 3.07. The van der Waals surface area contributed by atoms with E-state index in [0.717, 1.165) is 12.1 Å². The van der Waals surface area contributed by atoms with E-state index in [1.54, 1.807) is 18.2 Å². The number of hydrogen-bond acceptors (Lipinski definition) is 7. The highest BCUT2D eigenvalue weighted by Gasteiger charge is 2.55. The molecule has 0 saturated carbocycles. The Balaban J connectivity index is 1.67. The van der Waals surface area contributed by atoms with Crippen LogP contribution in [-0.4, -0.2) is 36.6 Å². The molecule has 1 atom stereocenters. The Morgan fingerprint density at radius 1 is 1.15 bits per heavy atom. The number of aliphatic hydroxyl groups is 1. The van der Waals surface area contributed by atoms with Gasteiger partial charge >= 0.3 is 6.18 Å². The highest BCUT2D eigenvalue weighted by atomic mass is 19.4. The molecule has 0 radical (unpaired) electrons. The maximum absolute atomic E-state index is 13.9. The first kappa shape index (κ1) is 22.0. The van der Waals surface area contributed by atoms with E-state index in [1.807, 2.05) is 0 Å². The van der Waals surface area contributed by atoms with E-state index < -0.39 is 29.9 Å². The van der Waals surface area contributed by atoms with Crippen molar-refractivity contribution in [2.75, 3.05) is 25.4 Å². The van der Waals surface area contributed by atoms with Gasteiger partial charge in [-0.2, -0.15) is 13.2 Å². The van der Waals surface area contributed by atoms with Crippen LogP contribution in [0.25, 0.3) is 0 Å². The number of rotatable bonds is 5. The summed E-state index contributed by atoms with van der Waals surface area (Å²) in [5.41, 5.74) is -1.25. The molecule has 1 amide bonds. The molecule has 2 aliphatic rings. The Morgan fingerprint density at radius 3 is 2.53 bits per heavy atom. The van der Waals surface area contributed by atoms with Crippen LogP contribution >= 0.6 is 0 Å². The van der Waals surface area contributed by atoms with E-state index in [2.05, 4.69) is 0 Å². The van der Waals surface area contributed by atoms with Crippen molar-refractivity contribution in [1.29, 1.82) is 0 Å². The molecule has 0 bridgehead atoms. The molecule has 2 N–H and O–H groups in total. The SMILES string of the molecule is COc1cccc2c1C(CO)(c1cc3c(cc1O)OCO3)C(=O)N2Cc1ccc(C(F)(F)F)o1. The van der Waals surface area contributed by atoms with Crippen molar-refractivity contribution in [1.82, 2.24) is 0 Å². The van der Waals surface area contributed by atoms with Crippen LogP contribution in [0.1, 0.15) is 22.6 Å². The van der Waals surface area contributed by atoms with Crippen LogP contribution in [0.5, 0.6) is 23.0 Å². The highest BCUT2D eigenvalue weighted by Crippen LogP contribution is 2.54. The number of alkyl halides is 3. The van der Waals surface area contributed by atoms with Crippen LogP contribution in [0.4, 0.5) is 18.9 Å². The predicted molar refractivity (Wildman–Crippen MR) is 110 cm³/mol. The van der Waals surface area contributed by atoms with E-state index in [-0.39, 0.29) is 53.2 Å². The van der Waals surface area contributed by atoms with Gasteiger partial charge in [-0.15, -0.1) is 0 Å². The second-order valence-electron chi connectivity index (χ2n) is 7.80. The number of carbonyl (C=O) groups is 1. The lowest BCUT2D eigenvalue weighted by molar-refractivity contribution is -0.153.